The van der Waals surface area contributed by atoms with Crippen LogP contribution in [-0.2, 0) is 0 Å². The van der Waals surface area contributed by atoms with Crippen LogP contribution >= 0.6 is 22.9 Å². The Balaban J connectivity index is 2.06. The standard InChI is InChI=1S/C14H9ClO2S/c1-8-2-5-13(18-8)14(16)12-7-9-6-10(15)3-4-11(9)17-12/h2-7H,1H3. The second-order valence-corrected chi connectivity index (χ2v) is 5.76. The van der Waals surface area contributed by atoms with E-state index >= 15 is 0 Å². The average Bonchev–Trinajstić information content (AvgIpc) is 2.93. The Hall–Kier alpha value is -1.58. The van der Waals surface area contributed by atoms with Gasteiger partial charge in [0, 0.05) is 15.3 Å². The van der Waals surface area contributed by atoms with Gasteiger partial charge in [-0.15, -0.1) is 11.3 Å². The molecule has 0 fully saturated rings. The molecule has 1 aromatic carbocycles. The van der Waals surface area contributed by atoms with Crippen molar-refractivity contribution < 1.29 is 9.21 Å². The summed E-state index contributed by atoms with van der Waals surface area (Å²) in [5.74, 6) is 0.273. The summed E-state index contributed by atoms with van der Waals surface area (Å²) in [6.07, 6.45) is 0. The lowest BCUT2D eigenvalue weighted by Gasteiger charge is -1.91. The maximum absolute atomic E-state index is 12.2. The summed E-state index contributed by atoms with van der Waals surface area (Å²) in [4.78, 5) is 14.0. The monoisotopic (exact) mass is 276 g/mol. The first-order valence-corrected chi connectivity index (χ1v) is 6.63. The number of benzene rings is 1. The SMILES string of the molecule is Cc1ccc(C(=O)c2cc3cc(Cl)ccc3o2)s1. The molecule has 0 bridgehead atoms. The van der Waals surface area contributed by atoms with Crippen LogP contribution in [0.2, 0.25) is 5.02 Å². The smallest absolute Gasteiger partial charge is 0.238 e. The highest BCUT2D eigenvalue weighted by molar-refractivity contribution is 7.14. The first-order valence-electron chi connectivity index (χ1n) is 5.44. The van der Waals surface area contributed by atoms with Crippen LogP contribution in [-0.4, -0.2) is 5.78 Å². The van der Waals surface area contributed by atoms with Gasteiger partial charge in [0.2, 0.25) is 5.78 Å². The van der Waals surface area contributed by atoms with E-state index in [2.05, 4.69) is 0 Å². The molecule has 0 aliphatic heterocycles. The van der Waals surface area contributed by atoms with Gasteiger partial charge in [-0.2, -0.15) is 0 Å². The van der Waals surface area contributed by atoms with Crippen LogP contribution in [0.3, 0.4) is 0 Å². The van der Waals surface area contributed by atoms with E-state index in [1.54, 1.807) is 24.3 Å². The van der Waals surface area contributed by atoms with Gasteiger partial charge in [0.1, 0.15) is 5.58 Å². The van der Waals surface area contributed by atoms with Gasteiger partial charge < -0.3 is 4.42 Å². The van der Waals surface area contributed by atoms with Crippen LogP contribution in [0.4, 0.5) is 0 Å². The van der Waals surface area contributed by atoms with Crippen LogP contribution in [0.15, 0.2) is 40.8 Å². The van der Waals surface area contributed by atoms with Crippen molar-refractivity contribution in [2.75, 3.05) is 0 Å². The number of furan rings is 1. The molecule has 3 aromatic rings. The molecular weight excluding hydrogens is 268 g/mol. The van der Waals surface area contributed by atoms with E-state index in [0.29, 0.717) is 21.2 Å². The van der Waals surface area contributed by atoms with Crippen LogP contribution in [0.5, 0.6) is 0 Å². The number of hydrogen-bond donors (Lipinski definition) is 0. The molecule has 4 heteroatoms. The summed E-state index contributed by atoms with van der Waals surface area (Å²) >= 11 is 7.37. The van der Waals surface area contributed by atoms with Gasteiger partial charge in [-0.25, -0.2) is 0 Å². The Kier molecular flexibility index (Phi) is 2.73. The van der Waals surface area contributed by atoms with Crippen LogP contribution in [0.25, 0.3) is 11.0 Å². The fourth-order valence-electron chi connectivity index (χ4n) is 1.80. The Morgan fingerprint density at radius 2 is 2.06 bits per heavy atom. The number of aryl methyl sites for hydroxylation is 1. The van der Waals surface area contributed by atoms with E-state index in [4.69, 9.17) is 16.0 Å². The zero-order valence-electron chi connectivity index (χ0n) is 9.57. The first-order chi connectivity index (χ1) is 8.63. The third-order valence-electron chi connectivity index (χ3n) is 2.67. The van der Waals surface area contributed by atoms with Crippen molar-refractivity contribution in [2.45, 2.75) is 6.92 Å². The van der Waals surface area contributed by atoms with Crippen LogP contribution in [0.1, 0.15) is 20.3 Å². The summed E-state index contributed by atoms with van der Waals surface area (Å²) in [5, 5.41) is 1.48. The minimum Gasteiger partial charge on any atom is -0.453 e. The van der Waals surface area contributed by atoms with Crippen molar-refractivity contribution in [2.24, 2.45) is 0 Å². The molecule has 0 spiro atoms. The lowest BCUT2D eigenvalue weighted by atomic mass is 10.2. The molecule has 0 N–H and O–H groups in total. The predicted octanol–water partition coefficient (Wildman–Crippen LogP) is 4.69. The van der Waals surface area contributed by atoms with Crippen molar-refractivity contribution in [3.05, 3.63) is 56.9 Å². The highest BCUT2D eigenvalue weighted by Crippen LogP contribution is 2.26. The molecular formula is C14H9ClO2S. The first kappa shape index (κ1) is 11.5. The molecule has 0 saturated heterocycles. The van der Waals surface area contributed by atoms with Gasteiger partial charge in [0.25, 0.3) is 0 Å². The maximum Gasteiger partial charge on any atom is 0.238 e. The van der Waals surface area contributed by atoms with Gasteiger partial charge in [-0.1, -0.05) is 11.6 Å². The fourth-order valence-corrected chi connectivity index (χ4v) is 2.80. The van der Waals surface area contributed by atoms with Gasteiger partial charge in [-0.3, -0.25) is 4.79 Å². The zero-order chi connectivity index (χ0) is 12.7. The second kappa shape index (κ2) is 4.26. The van der Waals surface area contributed by atoms with E-state index < -0.39 is 0 Å². The Morgan fingerprint density at radius 1 is 1.22 bits per heavy atom. The molecule has 2 aromatic heterocycles. The normalized spacial score (nSPS) is 11.0. The third kappa shape index (κ3) is 1.96. The van der Waals surface area contributed by atoms with E-state index in [1.165, 1.54) is 11.3 Å². The number of ketones is 1. The number of carbonyl (C=O) groups excluding carboxylic acids is 1. The fraction of sp³-hybridized carbons (Fsp3) is 0.0714. The highest BCUT2D eigenvalue weighted by atomic mass is 35.5. The van der Waals surface area contributed by atoms with E-state index in [1.807, 2.05) is 19.1 Å². The highest BCUT2D eigenvalue weighted by Gasteiger charge is 2.16. The van der Waals surface area contributed by atoms with Crippen molar-refractivity contribution in [1.29, 1.82) is 0 Å². The lowest BCUT2D eigenvalue weighted by Crippen LogP contribution is -1.95. The number of fused-ring (bicyclic) bond motifs is 1. The van der Waals surface area contributed by atoms with E-state index in [9.17, 15) is 4.79 Å². The molecule has 90 valence electrons. The Bertz CT molecular complexity index is 739. The molecule has 0 aliphatic carbocycles. The minimum atomic E-state index is -0.0829. The number of carbonyl (C=O) groups is 1. The van der Waals surface area contributed by atoms with Crippen molar-refractivity contribution in [1.82, 2.24) is 0 Å². The molecule has 0 atom stereocenters. The van der Waals surface area contributed by atoms with Crippen molar-refractivity contribution in [3.8, 4) is 0 Å². The Morgan fingerprint density at radius 3 is 2.78 bits per heavy atom. The molecule has 2 heterocycles. The molecule has 0 unspecified atom stereocenters. The molecule has 18 heavy (non-hydrogen) atoms. The Labute approximate surface area is 113 Å². The van der Waals surface area contributed by atoms with Crippen molar-refractivity contribution >= 4 is 39.7 Å². The zero-order valence-corrected chi connectivity index (χ0v) is 11.1. The molecule has 2 nitrogen and oxygen atoms in total. The number of thiophene rings is 1. The van der Waals surface area contributed by atoms with Crippen molar-refractivity contribution in [3.63, 3.8) is 0 Å². The van der Waals surface area contributed by atoms with E-state index in [0.717, 1.165) is 10.3 Å². The lowest BCUT2D eigenvalue weighted by molar-refractivity contribution is 0.101. The minimum absolute atomic E-state index is 0.0829. The third-order valence-corrected chi connectivity index (χ3v) is 3.90. The number of hydrogen-bond acceptors (Lipinski definition) is 3. The molecule has 0 saturated carbocycles. The maximum atomic E-state index is 12.2. The largest absolute Gasteiger partial charge is 0.453 e. The summed E-state index contributed by atoms with van der Waals surface area (Å²) in [6, 6.07) is 10.8. The predicted molar refractivity (Wildman–Crippen MR) is 73.7 cm³/mol. The van der Waals surface area contributed by atoms with Gasteiger partial charge in [-0.05, 0) is 43.3 Å². The summed E-state index contributed by atoms with van der Waals surface area (Å²) in [5.41, 5.74) is 0.677. The number of halogens is 1. The molecule has 3 rings (SSSR count). The van der Waals surface area contributed by atoms with Gasteiger partial charge in [0.15, 0.2) is 5.76 Å². The van der Waals surface area contributed by atoms with Gasteiger partial charge >= 0.3 is 0 Å². The summed E-state index contributed by atoms with van der Waals surface area (Å²) in [6.45, 7) is 1.97. The van der Waals surface area contributed by atoms with Crippen LogP contribution in [0, 0.1) is 6.92 Å². The van der Waals surface area contributed by atoms with Crippen LogP contribution < -0.4 is 0 Å². The number of rotatable bonds is 2. The average molecular weight is 277 g/mol. The second-order valence-electron chi connectivity index (χ2n) is 4.03. The van der Waals surface area contributed by atoms with E-state index in [-0.39, 0.29) is 5.78 Å². The quantitative estimate of drug-likeness (QED) is 0.636. The topological polar surface area (TPSA) is 30.2 Å². The molecule has 0 radical (unpaired) electrons. The molecule has 0 aliphatic rings. The summed E-state index contributed by atoms with van der Waals surface area (Å²) in [7, 11) is 0. The summed E-state index contributed by atoms with van der Waals surface area (Å²) < 4.78 is 5.55. The van der Waals surface area contributed by atoms with Gasteiger partial charge in [0.05, 0.1) is 4.88 Å². The molecule has 0 amide bonds.